The summed E-state index contributed by atoms with van der Waals surface area (Å²) in [5.74, 6) is 0.343. The molecule has 0 radical (unpaired) electrons. The molecule has 0 amide bonds. The van der Waals surface area contributed by atoms with Crippen molar-refractivity contribution >= 4 is 17.5 Å². The van der Waals surface area contributed by atoms with Crippen molar-refractivity contribution in [1.29, 1.82) is 0 Å². The van der Waals surface area contributed by atoms with Crippen LogP contribution in [0.2, 0.25) is 0 Å². The molecule has 0 aromatic heterocycles. The smallest absolute Gasteiger partial charge is 0.358 e. The number of hydrogen-bond acceptors (Lipinski definition) is 7. The molecule has 2 N–H and O–H groups in total. The third-order valence-corrected chi connectivity index (χ3v) is 4.20. The fourth-order valence-electron chi connectivity index (χ4n) is 2.60. The van der Waals surface area contributed by atoms with E-state index < -0.39 is 36.5 Å². The van der Waals surface area contributed by atoms with Gasteiger partial charge in [0.1, 0.15) is 23.4 Å². The number of aliphatic hydroxyl groups excluding tert-OH is 2. The molecule has 0 aliphatic carbocycles. The molecule has 0 spiro atoms. The van der Waals surface area contributed by atoms with E-state index in [0.717, 1.165) is 0 Å². The summed E-state index contributed by atoms with van der Waals surface area (Å²) in [5, 5.41) is 20.5. The molecule has 3 rings (SSSR count). The molecular weight excluding hydrogens is 375 g/mol. The lowest BCUT2D eigenvalue weighted by Gasteiger charge is -2.40. The molecule has 6 nitrogen and oxygen atoms in total. The molecule has 0 bridgehead atoms. The van der Waals surface area contributed by atoms with E-state index in [0.29, 0.717) is 5.75 Å². The van der Waals surface area contributed by atoms with Crippen LogP contribution in [-0.4, -0.2) is 46.2 Å². The zero-order valence-corrected chi connectivity index (χ0v) is 15.2. The lowest BCUT2D eigenvalue weighted by atomic mass is 10.00. The molecule has 27 heavy (non-hydrogen) atoms. The number of thiocarbonyl (C=S) groups is 1. The van der Waals surface area contributed by atoms with Gasteiger partial charge in [0, 0.05) is 12.2 Å². The minimum atomic E-state index is -1.33. The molecule has 2 aromatic carbocycles. The summed E-state index contributed by atoms with van der Waals surface area (Å²) >= 11 is 5.02. The summed E-state index contributed by atoms with van der Waals surface area (Å²) in [4.78, 5) is 0. The Labute approximate surface area is 161 Å². The normalized spacial score (nSPS) is 27.6. The quantitative estimate of drug-likeness (QED) is 0.771. The second-order valence-electron chi connectivity index (χ2n) is 6.01. The number of ether oxygens (including phenoxy) is 4. The molecule has 1 aliphatic heterocycles. The molecule has 0 unspecified atom stereocenters. The first-order valence-corrected chi connectivity index (χ1v) is 8.72. The Balaban J connectivity index is 1.66. The van der Waals surface area contributed by atoms with Crippen molar-refractivity contribution in [3.05, 3.63) is 60.4 Å². The van der Waals surface area contributed by atoms with Gasteiger partial charge in [-0.25, -0.2) is 4.39 Å². The second-order valence-corrected chi connectivity index (χ2v) is 6.34. The Morgan fingerprint density at radius 3 is 2.33 bits per heavy atom. The Kier molecular flexibility index (Phi) is 6.22. The van der Waals surface area contributed by atoms with Gasteiger partial charge in [-0.1, -0.05) is 18.2 Å². The largest absolute Gasteiger partial charge is 0.462 e. The van der Waals surface area contributed by atoms with E-state index in [4.69, 9.17) is 31.2 Å². The minimum Gasteiger partial charge on any atom is -0.462 e. The second kappa shape index (κ2) is 8.62. The molecule has 1 heterocycles. The van der Waals surface area contributed by atoms with Crippen LogP contribution in [0.5, 0.6) is 11.5 Å². The van der Waals surface area contributed by atoms with Crippen LogP contribution in [0.4, 0.5) is 4.39 Å². The first-order valence-electron chi connectivity index (χ1n) is 8.31. The Hall–Kier alpha value is -2.26. The molecule has 8 heteroatoms. The van der Waals surface area contributed by atoms with Crippen molar-refractivity contribution in [3.63, 3.8) is 0 Å². The average molecular weight is 394 g/mol. The molecule has 144 valence electrons. The van der Waals surface area contributed by atoms with Crippen molar-refractivity contribution in [2.45, 2.75) is 37.6 Å². The Morgan fingerprint density at radius 2 is 1.67 bits per heavy atom. The van der Waals surface area contributed by atoms with E-state index in [1.807, 2.05) is 6.07 Å². The predicted octanol–water partition coefficient (Wildman–Crippen LogP) is 2.42. The number of rotatable bonds is 4. The van der Waals surface area contributed by atoms with Crippen molar-refractivity contribution in [2.75, 3.05) is 0 Å². The number of halogens is 1. The Morgan fingerprint density at radius 1 is 1.00 bits per heavy atom. The van der Waals surface area contributed by atoms with Crippen molar-refractivity contribution < 1.29 is 33.6 Å². The predicted molar refractivity (Wildman–Crippen MR) is 97.9 cm³/mol. The van der Waals surface area contributed by atoms with Gasteiger partial charge in [-0.05, 0) is 43.3 Å². The van der Waals surface area contributed by atoms with Crippen LogP contribution in [0.15, 0.2) is 54.6 Å². The summed E-state index contributed by atoms with van der Waals surface area (Å²) in [7, 11) is 0. The zero-order valence-electron chi connectivity index (χ0n) is 14.4. The van der Waals surface area contributed by atoms with Gasteiger partial charge < -0.3 is 29.2 Å². The van der Waals surface area contributed by atoms with Crippen molar-refractivity contribution in [2.24, 2.45) is 0 Å². The van der Waals surface area contributed by atoms with Crippen LogP contribution in [-0.2, 0) is 9.47 Å². The molecule has 5 atom stereocenters. The highest BCUT2D eigenvalue weighted by molar-refractivity contribution is 7.79. The standard InChI is InChI=1S/C19H19FO6S/c1-11-15(21)17(26-19(27)25-14-9-7-12(20)8-10-14)16(22)18(23-11)24-13-5-3-2-4-6-13/h2-11,15-18,21-22H,1H3/t11-,15-,16+,17+,18+/m0/s1. The maximum atomic E-state index is 13.0. The SMILES string of the molecule is C[C@@H]1O[C@H](Oc2ccccc2)[C@H](O)[C@H](OC(=S)Oc2ccc(F)cc2)[C@H]1O. The lowest BCUT2D eigenvalue weighted by molar-refractivity contribution is -0.266. The van der Waals surface area contributed by atoms with Gasteiger partial charge in [0.2, 0.25) is 6.29 Å². The monoisotopic (exact) mass is 394 g/mol. The van der Waals surface area contributed by atoms with Gasteiger partial charge >= 0.3 is 5.24 Å². The van der Waals surface area contributed by atoms with Crippen LogP contribution < -0.4 is 9.47 Å². The van der Waals surface area contributed by atoms with Crippen LogP contribution in [0.25, 0.3) is 0 Å². The van der Waals surface area contributed by atoms with E-state index in [-0.39, 0.29) is 11.0 Å². The van der Waals surface area contributed by atoms with E-state index in [9.17, 15) is 14.6 Å². The molecule has 1 fully saturated rings. The molecule has 1 saturated heterocycles. The van der Waals surface area contributed by atoms with Crippen molar-refractivity contribution in [1.82, 2.24) is 0 Å². The van der Waals surface area contributed by atoms with Gasteiger partial charge in [-0.2, -0.15) is 0 Å². The topological polar surface area (TPSA) is 77.4 Å². The summed E-state index contributed by atoms with van der Waals surface area (Å²) in [6.45, 7) is 1.62. The summed E-state index contributed by atoms with van der Waals surface area (Å²) < 4.78 is 34.9. The molecular formula is C19H19FO6S. The van der Waals surface area contributed by atoms with Crippen LogP contribution in [0.1, 0.15) is 6.92 Å². The molecule has 1 aliphatic rings. The van der Waals surface area contributed by atoms with E-state index >= 15 is 0 Å². The highest BCUT2D eigenvalue weighted by Gasteiger charge is 2.46. The Bertz CT molecular complexity index is 757. The molecule has 2 aromatic rings. The van der Waals surface area contributed by atoms with Crippen molar-refractivity contribution in [3.8, 4) is 11.5 Å². The number of hydrogen-bond donors (Lipinski definition) is 2. The maximum Gasteiger partial charge on any atom is 0.358 e. The first-order chi connectivity index (χ1) is 12.9. The summed E-state index contributed by atoms with van der Waals surface area (Å²) in [6, 6.07) is 14.0. The average Bonchev–Trinajstić information content (AvgIpc) is 2.66. The van der Waals surface area contributed by atoms with Gasteiger partial charge in [-0.3, -0.25) is 0 Å². The van der Waals surface area contributed by atoms with E-state index in [1.54, 1.807) is 31.2 Å². The summed E-state index contributed by atoms with van der Waals surface area (Å²) in [6.07, 6.45) is -5.36. The number of aliphatic hydroxyl groups is 2. The van der Waals surface area contributed by atoms with Crippen LogP contribution in [0.3, 0.4) is 0 Å². The lowest BCUT2D eigenvalue weighted by Crippen LogP contribution is -2.59. The van der Waals surface area contributed by atoms with Gasteiger partial charge in [0.15, 0.2) is 12.2 Å². The van der Waals surface area contributed by atoms with E-state index in [2.05, 4.69) is 0 Å². The van der Waals surface area contributed by atoms with Crippen LogP contribution >= 0.6 is 12.2 Å². The van der Waals surface area contributed by atoms with E-state index in [1.165, 1.54) is 24.3 Å². The fraction of sp³-hybridized carbons (Fsp3) is 0.316. The number of benzene rings is 2. The van der Waals surface area contributed by atoms with Crippen LogP contribution in [0, 0.1) is 5.82 Å². The highest BCUT2D eigenvalue weighted by Crippen LogP contribution is 2.26. The fourth-order valence-corrected chi connectivity index (χ4v) is 2.81. The maximum absolute atomic E-state index is 13.0. The third kappa shape index (κ3) is 4.92. The first kappa shape index (κ1) is 19.5. The van der Waals surface area contributed by atoms with Gasteiger partial charge in [0.05, 0.1) is 6.10 Å². The van der Waals surface area contributed by atoms with Gasteiger partial charge in [0.25, 0.3) is 0 Å². The summed E-state index contributed by atoms with van der Waals surface area (Å²) in [5.41, 5.74) is 0. The zero-order chi connectivity index (χ0) is 19.4. The third-order valence-electron chi connectivity index (χ3n) is 4.02. The number of para-hydroxylation sites is 1. The highest BCUT2D eigenvalue weighted by atomic mass is 32.1. The molecule has 0 saturated carbocycles. The van der Waals surface area contributed by atoms with Gasteiger partial charge in [-0.15, -0.1) is 0 Å². The minimum absolute atomic E-state index is 0.266.